The standard InChI is InChI=1S/C16H16ClNO2S/c1-11(8-12-4-2-3-5-14(12)17)16(20)18-9-15(19)13-6-7-21-10-13/h2-8,10,15,19H,9H2,1H3,(H,18,20)/b11-8-. The van der Waals surface area contributed by atoms with E-state index in [-0.39, 0.29) is 12.5 Å². The van der Waals surface area contributed by atoms with Gasteiger partial charge < -0.3 is 10.4 Å². The van der Waals surface area contributed by atoms with Crippen LogP contribution in [0.2, 0.25) is 5.02 Å². The van der Waals surface area contributed by atoms with Gasteiger partial charge in [0, 0.05) is 17.1 Å². The highest BCUT2D eigenvalue weighted by atomic mass is 35.5. The number of carbonyl (C=O) groups excluding carboxylic acids is 1. The molecule has 0 fully saturated rings. The number of rotatable bonds is 5. The van der Waals surface area contributed by atoms with Crippen LogP contribution in [0.1, 0.15) is 24.2 Å². The van der Waals surface area contributed by atoms with Gasteiger partial charge in [-0.3, -0.25) is 4.79 Å². The third kappa shape index (κ3) is 4.43. The molecule has 1 heterocycles. The average molecular weight is 322 g/mol. The van der Waals surface area contributed by atoms with Crippen LogP contribution in [-0.2, 0) is 4.79 Å². The van der Waals surface area contributed by atoms with Crippen molar-refractivity contribution >= 4 is 34.9 Å². The van der Waals surface area contributed by atoms with Crippen LogP contribution in [0.4, 0.5) is 0 Å². The molecule has 0 saturated heterocycles. The Kier molecular flexibility index (Phi) is 5.56. The molecular formula is C16H16ClNO2S. The zero-order chi connectivity index (χ0) is 15.2. The molecule has 0 aliphatic rings. The highest BCUT2D eigenvalue weighted by Gasteiger charge is 2.11. The van der Waals surface area contributed by atoms with Gasteiger partial charge in [-0.25, -0.2) is 0 Å². The third-order valence-corrected chi connectivity index (χ3v) is 4.06. The maximum atomic E-state index is 12.0. The number of hydrogen-bond acceptors (Lipinski definition) is 3. The van der Waals surface area contributed by atoms with Gasteiger partial charge in [0.15, 0.2) is 0 Å². The summed E-state index contributed by atoms with van der Waals surface area (Å²) in [5.41, 5.74) is 2.15. The molecule has 1 unspecified atom stereocenters. The van der Waals surface area contributed by atoms with Gasteiger partial charge in [-0.15, -0.1) is 0 Å². The van der Waals surface area contributed by atoms with E-state index in [0.29, 0.717) is 10.6 Å². The average Bonchev–Trinajstić information content (AvgIpc) is 3.01. The van der Waals surface area contributed by atoms with Crippen LogP contribution in [-0.4, -0.2) is 17.6 Å². The molecule has 0 saturated carbocycles. The summed E-state index contributed by atoms with van der Waals surface area (Å²) >= 11 is 7.57. The summed E-state index contributed by atoms with van der Waals surface area (Å²) in [6.45, 7) is 1.90. The first-order chi connectivity index (χ1) is 10.1. The van der Waals surface area contributed by atoms with Crippen LogP contribution >= 0.6 is 22.9 Å². The monoisotopic (exact) mass is 321 g/mol. The number of benzene rings is 1. The molecule has 2 rings (SSSR count). The number of aliphatic hydroxyl groups excluding tert-OH is 1. The third-order valence-electron chi connectivity index (χ3n) is 3.02. The van der Waals surface area contributed by atoms with Gasteiger partial charge in [-0.2, -0.15) is 11.3 Å². The predicted octanol–water partition coefficient (Wildman–Crippen LogP) is 3.65. The van der Waals surface area contributed by atoms with Gasteiger partial charge in [0.25, 0.3) is 0 Å². The van der Waals surface area contributed by atoms with Gasteiger partial charge in [0.2, 0.25) is 5.91 Å². The van der Waals surface area contributed by atoms with Gasteiger partial charge in [-0.1, -0.05) is 29.8 Å². The van der Waals surface area contributed by atoms with Crippen LogP contribution in [0.5, 0.6) is 0 Å². The van der Waals surface area contributed by atoms with Crippen molar-refractivity contribution < 1.29 is 9.90 Å². The first-order valence-electron chi connectivity index (χ1n) is 6.49. The summed E-state index contributed by atoms with van der Waals surface area (Å²) in [4.78, 5) is 12.0. The lowest BCUT2D eigenvalue weighted by Crippen LogP contribution is -2.28. The lowest BCUT2D eigenvalue weighted by Gasteiger charge is -2.11. The van der Waals surface area contributed by atoms with E-state index >= 15 is 0 Å². The molecule has 0 radical (unpaired) electrons. The van der Waals surface area contributed by atoms with E-state index in [1.54, 1.807) is 19.1 Å². The van der Waals surface area contributed by atoms with Crippen molar-refractivity contribution in [3.63, 3.8) is 0 Å². The van der Waals surface area contributed by atoms with Crippen molar-refractivity contribution in [2.24, 2.45) is 0 Å². The highest BCUT2D eigenvalue weighted by Crippen LogP contribution is 2.18. The van der Waals surface area contributed by atoms with E-state index in [4.69, 9.17) is 11.6 Å². The molecule has 0 aliphatic carbocycles. The topological polar surface area (TPSA) is 49.3 Å². The van der Waals surface area contributed by atoms with Crippen LogP contribution in [0.25, 0.3) is 6.08 Å². The van der Waals surface area contributed by atoms with Gasteiger partial charge in [0.05, 0.1) is 6.10 Å². The molecule has 1 amide bonds. The van der Waals surface area contributed by atoms with Crippen LogP contribution in [0.3, 0.4) is 0 Å². The summed E-state index contributed by atoms with van der Waals surface area (Å²) in [5, 5.41) is 17.0. The summed E-state index contributed by atoms with van der Waals surface area (Å²) < 4.78 is 0. The first kappa shape index (κ1) is 15.8. The van der Waals surface area contributed by atoms with Crippen molar-refractivity contribution in [3.05, 3.63) is 62.8 Å². The number of halogens is 1. The van der Waals surface area contributed by atoms with Gasteiger partial charge >= 0.3 is 0 Å². The molecule has 110 valence electrons. The van der Waals surface area contributed by atoms with Crippen molar-refractivity contribution in [1.29, 1.82) is 0 Å². The minimum atomic E-state index is -0.687. The quantitative estimate of drug-likeness (QED) is 0.826. The Morgan fingerprint density at radius 3 is 2.86 bits per heavy atom. The van der Waals surface area contributed by atoms with Crippen molar-refractivity contribution in [2.75, 3.05) is 6.54 Å². The second-order valence-electron chi connectivity index (χ2n) is 4.63. The van der Waals surface area contributed by atoms with Gasteiger partial charge in [0.1, 0.15) is 0 Å². The van der Waals surface area contributed by atoms with Crippen LogP contribution < -0.4 is 5.32 Å². The molecule has 0 spiro atoms. The summed E-state index contributed by atoms with van der Waals surface area (Å²) in [5.74, 6) is -0.218. The number of aliphatic hydroxyl groups is 1. The Bertz CT molecular complexity index is 637. The number of nitrogens with one attached hydrogen (secondary N) is 1. The second kappa shape index (κ2) is 7.41. The van der Waals surface area contributed by atoms with E-state index in [1.807, 2.05) is 35.0 Å². The fourth-order valence-electron chi connectivity index (χ4n) is 1.80. The molecule has 1 aromatic carbocycles. The summed E-state index contributed by atoms with van der Waals surface area (Å²) in [6.07, 6.45) is 1.04. The Morgan fingerprint density at radius 2 is 2.19 bits per heavy atom. The lowest BCUT2D eigenvalue weighted by atomic mass is 10.1. The molecular weight excluding hydrogens is 306 g/mol. The summed E-state index contributed by atoms with van der Waals surface area (Å²) in [7, 11) is 0. The smallest absolute Gasteiger partial charge is 0.247 e. The molecule has 21 heavy (non-hydrogen) atoms. The van der Waals surface area contributed by atoms with Crippen LogP contribution in [0.15, 0.2) is 46.7 Å². The molecule has 3 nitrogen and oxygen atoms in total. The maximum Gasteiger partial charge on any atom is 0.247 e. The maximum absolute atomic E-state index is 12.0. The summed E-state index contributed by atoms with van der Waals surface area (Å²) in [6, 6.07) is 9.17. The molecule has 2 aromatic rings. The lowest BCUT2D eigenvalue weighted by molar-refractivity contribution is -0.117. The fourth-order valence-corrected chi connectivity index (χ4v) is 2.70. The zero-order valence-corrected chi connectivity index (χ0v) is 13.1. The molecule has 1 aromatic heterocycles. The SMILES string of the molecule is C/C(=C/c1ccccc1Cl)C(=O)NCC(O)c1ccsc1. The van der Waals surface area contributed by atoms with E-state index < -0.39 is 6.10 Å². The van der Waals surface area contributed by atoms with Crippen LogP contribution in [0, 0.1) is 0 Å². The first-order valence-corrected chi connectivity index (χ1v) is 7.81. The van der Waals surface area contributed by atoms with Crippen molar-refractivity contribution in [1.82, 2.24) is 5.32 Å². The zero-order valence-electron chi connectivity index (χ0n) is 11.5. The Balaban J connectivity index is 1.95. The Hall–Kier alpha value is -1.62. The molecule has 1 atom stereocenters. The van der Waals surface area contributed by atoms with E-state index in [9.17, 15) is 9.90 Å². The van der Waals surface area contributed by atoms with Crippen molar-refractivity contribution in [3.8, 4) is 0 Å². The number of carbonyl (C=O) groups is 1. The van der Waals surface area contributed by atoms with E-state index in [2.05, 4.69) is 5.32 Å². The molecule has 0 aliphatic heterocycles. The minimum absolute atomic E-state index is 0.184. The Labute approximate surface area is 132 Å². The highest BCUT2D eigenvalue weighted by molar-refractivity contribution is 7.07. The van der Waals surface area contributed by atoms with Gasteiger partial charge in [-0.05, 0) is 47.0 Å². The van der Waals surface area contributed by atoms with E-state index in [1.165, 1.54) is 11.3 Å². The predicted molar refractivity (Wildman–Crippen MR) is 87.4 cm³/mol. The number of hydrogen-bond donors (Lipinski definition) is 2. The number of amides is 1. The molecule has 2 N–H and O–H groups in total. The minimum Gasteiger partial charge on any atom is -0.387 e. The molecule has 0 bridgehead atoms. The fraction of sp³-hybridized carbons (Fsp3) is 0.188. The normalized spacial score (nSPS) is 13.0. The van der Waals surface area contributed by atoms with Crippen molar-refractivity contribution in [2.45, 2.75) is 13.0 Å². The second-order valence-corrected chi connectivity index (χ2v) is 5.82. The van der Waals surface area contributed by atoms with E-state index in [0.717, 1.165) is 11.1 Å². The Morgan fingerprint density at radius 1 is 1.43 bits per heavy atom. The molecule has 5 heteroatoms. The number of thiophene rings is 1. The largest absolute Gasteiger partial charge is 0.387 e.